The Morgan fingerprint density at radius 1 is 0.667 bits per heavy atom. The molecule has 0 saturated carbocycles. The monoisotopic (exact) mass is 938 g/mol. The number of hydrogen-bond donors (Lipinski definition) is 3. The highest BCUT2D eigenvalue weighted by Gasteiger charge is 2.35. The van der Waals surface area contributed by atoms with Gasteiger partial charge in [0.05, 0.1) is 78.8 Å². The summed E-state index contributed by atoms with van der Waals surface area (Å²) in [6, 6.07) is 9.00. The summed E-state index contributed by atoms with van der Waals surface area (Å²) in [5.41, 5.74) is 0.548. The van der Waals surface area contributed by atoms with Gasteiger partial charge in [-0.15, -0.1) is 5.10 Å². The van der Waals surface area contributed by atoms with Crippen LogP contribution in [0.5, 0.6) is 5.75 Å². The average Bonchev–Trinajstić information content (AvgIpc) is 4.03. The van der Waals surface area contributed by atoms with E-state index in [1.165, 1.54) is 56.1 Å². The van der Waals surface area contributed by atoms with Gasteiger partial charge in [0, 0.05) is 48.2 Å². The average molecular weight is 939 g/mol. The minimum absolute atomic E-state index is 0.0420. The third-order valence-electron chi connectivity index (χ3n) is 8.26. The van der Waals surface area contributed by atoms with E-state index in [1.807, 2.05) is 18.2 Å². The molecule has 0 bridgehead atoms. The SMILES string of the molecule is CC(=O)SCCOCCn1cc(COCC(COCc2c[n+](CCOCCSC(C)=O)[nH]n2)(COCc2c[n+](CCOCCSC(C)=O)[nH]n2)NC(=O)COc2ccccc2)nn1. The van der Waals surface area contributed by atoms with Gasteiger partial charge < -0.3 is 38.5 Å². The van der Waals surface area contributed by atoms with Crippen LogP contribution in [0, 0.1) is 0 Å². The minimum Gasteiger partial charge on any atom is -0.484 e. The van der Waals surface area contributed by atoms with Crippen molar-refractivity contribution < 1.29 is 61.7 Å². The number of rotatable bonds is 34. The molecule has 0 saturated heterocycles. The molecular weight excluding hydrogens is 881 g/mol. The maximum absolute atomic E-state index is 13.6. The van der Waals surface area contributed by atoms with Crippen molar-refractivity contribution in [1.82, 2.24) is 40.9 Å². The molecule has 21 nitrogen and oxygen atoms in total. The number of hydrogen-bond acceptors (Lipinski definition) is 18. The first-order valence-corrected chi connectivity index (χ1v) is 23.1. The van der Waals surface area contributed by atoms with Gasteiger partial charge in [-0.1, -0.05) is 69.1 Å². The third-order valence-corrected chi connectivity index (χ3v) is 10.6. The summed E-state index contributed by atoms with van der Waals surface area (Å²) in [5.74, 6) is 1.87. The van der Waals surface area contributed by atoms with Gasteiger partial charge in [0.15, 0.2) is 34.3 Å². The number of aromatic amines is 2. The van der Waals surface area contributed by atoms with Crippen molar-refractivity contribution in [2.45, 2.75) is 65.8 Å². The van der Waals surface area contributed by atoms with E-state index in [-0.39, 0.29) is 61.6 Å². The zero-order valence-corrected chi connectivity index (χ0v) is 38.3. The smallest absolute Gasteiger partial charge is 0.258 e. The minimum atomic E-state index is -1.23. The van der Waals surface area contributed by atoms with Crippen molar-refractivity contribution in [2.75, 3.05) is 83.3 Å². The van der Waals surface area contributed by atoms with Gasteiger partial charge in [-0.3, -0.25) is 19.2 Å². The first-order valence-electron chi connectivity index (χ1n) is 20.2. The number of carbonyl (C=O) groups excluding carboxylic acids is 4. The third kappa shape index (κ3) is 22.8. The molecule has 4 aromatic rings. The molecule has 0 aliphatic carbocycles. The van der Waals surface area contributed by atoms with Crippen LogP contribution in [-0.4, -0.2) is 146 Å². The standard InChI is InChI=1S/C39H56N10O11S3/c1-31(50)61-18-15-54-12-9-47-21-34(41-44-47)24-57-28-39(40-38(53)27-60-37-7-5-4-6-8-37,29-58-25-35-22-48(45-42-35)10-13-55-16-19-62-32(2)51)30-59-26-36-23-49(46-43-36)11-14-56-17-20-63-33(3)52/h4-8,21-23H,9-20,24-30H2,1-3H3,(H,40,53)/p+2. The lowest BCUT2D eigenvalue weighted by Gasteiger charge is -2.33. The molecular formula is C39H58N10O11S3+2. The number of carbonyl (C=O) groups is 4. The van der Waals surface area contributed by atoms with Gasteiger partial charge in [0.1, 0.15) is 43.3 Å². The van der Waals surface area contributed by atoms with Gasteiger partial charge in [0.2, 0.25) is 11.4 Å². The summed E-state index contributed by atoms with van der Waals surface area (Å²) >= 11 is 3.66. The summed E-state index contributed by atoms with van der Waals surface area (Å²) in [5, 5.41) is 26.2. The number of nitrogens with zero attached hydrogens (tertiary/aromatic N) is 7. The second kappa shape index (κ2) is 30.0. The van der Waals surface area contributed by atoms with Crippen LogP contribution in [0.3, 0.4) is 0 Å². The molecule has 3 aromatic heterocycles. The lowest BCUT2D eigenvalue weighted by Crippen LogP contribution is -2.59. The zero-order chi connectivity index (χ0) is 45.0. The van der Waals surface area contributed by atoms with Crippen LogP contribution in [0.4, 0.5) is 0 Å². The molecule has 3 N–H and O–H groups in total. The summed E-state index contributed by atoms with van der Waals surface area (Å²) in [6.07, 6.45) is 5.36. The van der Waals surface area contributed by atoms with Crippen LogP contribution in [-0.2, 0) is 87.1 Å². The number of benzene rings is 1. The Bertz CT molecular complexity index is 1770. The fraction of sp³-hybridized carbons (Fsp3) is 0.590. The van der Waals surface area contributed by atoms with Crippen molar-refractivity contribution in [3.05, 3.63) is 66.0 Å². The molecule has 24 heteroatoms. The molecule has 346 valence electrons. The Balaban J connectivity index is 1.40. The van der Waals surface area contributed by atoms with Crippen molar-refractivity contribution in [3.63, 3.8) is 0 Å². The molecule has 0 aliphatic heterocycles. The summed E-state index contributed by atoms with van der Waals surface area (Å²) in [6.45, 7) is 8.51. The largest absolute Gasteiger partial charge is 0.484 e. The summed E-state index contributed by atoms with van der Waals surface area (Å²) < 4.78 is 46.4. The van der Waals surface area contributed by atoms with Crippen molar-refractivity contribution in [2.24, 2.45) is 0 Å². The first-order chi connectivity index (χ1) is 30.6. The summed E-state index contributed by atoms with van der Waals surface area (Å²) in [7, 11) is 0. The van der Waals surface area contributed by atoms with Gasteiger partial charge in [-0.25, -0.2) is 4.68 Å². The van der Waals surface area contributed by atoms with Gasteiger partial charge in [-0.05, 0) is 12.1 Å². The highest BCUT2D eigenvalue weighted by atomic mass is 32.2. The number of ether oxygens (including phenoxy) is 7. The predicted molar refractivity (Wildman–Crippen MR) is 231 cm³/mol. The Kier molecular flexibility index (Phi) is 24.4. The van der Waals surface area contributed by atoms with E-state index in [2.05, 4.69) is 36.3 Å². The molecule has 0 spiro atoms. The van der Waals surface area contributed by atoms with Gasteiger partial charge in [0.25, 0.3) is 5.91 Å². The molecule has 1 aromatic carbocycles. The summed E-state index contributed by atoms with van der Waals surface area (Å²) in [4.78, 5) is 47.0. The number of aromatic nitrogens is 9. The van der Waals surface area contributed by atoms with Crippen molar-refractivity contribution >= 4 is 56.5 Å². The number of para-hydroxylation sites is 1. The molecule has 0 aliphatic rings. The van der Waals surface area contributed by atoms with Crippen LogP contribution < -0.4 is 19.4 Å². The van der Waals surface area contributed by atoms with Crippen LogP contribution in [0.1, 0.15) is 37.9 Å². The first kappa shape index (κ1) is 51.4. The molecule has 4 rings (SSSR count). The number of thioether (sulfide) groups is 3. The van der Waals surface area contributed by atoms with E-state index in [9.17, 15) is 19.2 Å². The quantitative estimate of drug-likeness (QED) is 0.0439. The number of H-pyrrole nitrogens is 2. The van der Waals surface area contributed by atoms with Crippen LogP contribution in [0.2, 0.25) is 0 Å². The topological polar surface area (TPSA) is 241 Å². The molecule has 0 fully saturated rings. The van der Waals surface area contributed by atoms with E-state index in [4.69, 9.17) is 33.2 Å². The fourth-order valence-corrected chi connectivity index (χ4v) is 6.89. The normalized spacial score (nSPS) is 11.5. The molecule has 0 unspecified atom stereocenters. The number of amides is 1. The van der Waals surface area contributed by atoms with Crippen LogP contribution in [0.15, 0.2) is 48.9 Å². The second-order valence-electron chi connectivity index (χ2n) is 13.8. The van der Waals surface area contributed by atoms with Gasteiger partial charge >= 0.3 is 0 Å². The zero-order valence-electron chi connectivity index (χ0n) is 35.9. The molecule has 1 amide bonds. The van der Waals surface area contributed by atoms with Crippen molar-refractivity contribution in [3.8, 4) is 5.75 Å². The van der Waals surface area contributed by atoms with E-state index in [0.29, 0.717) is 99.4 Å². The van der Waals surface area contributed by atoms with E-state index in [0.717, 1.165) is 0 Å². The highest BCUT2D eigenvalue weighted by Crippen LogP contribution is 2.14. The molecule has 3 heterocycles. The Labute approximate surface area is 378 Å². The number of nitrogens with one attached hydrogen (secondary N) is 3. The van der Waals surface area contributed by atoms with Gasteiger partial charge in [-0.2, -0.15) is 9.36 Å². The van der Waals surface area contributed by atoms with E-state index < -0.39 is 11.4 Å². The second-order valence-corrected chi connectivity index (χ2v) is 17.6. The Morgan fingerprint density at radius 3 is 1.67 bits per heavy atom. The Hall–Kier alpha value is -4.27. The maximum atomic E-state index is 13.6. The highest BCUT2D eigenvalue weighted by molar-refractivity contribution is 8.14. The van der Waals surface area contributed by atoms with Crippen LogP contribution in [0.25, 0.3) is 0 Å². The molecule has 63 heavy (non-hydrogen) atoms. The lowest BCUT2D eigenvalue weighted by atomic mass is 10.0. The lowest BCUT2D eigenvalue weighted by molar-refractivity contribution is -0.754. The molecule has 0 atom stereocenters. The fourth-order valence-electron chi connectivity index (χ4n) is 5.42. The van der Waals surface area contributed by atoms with Crippen molar-refractivity contribution in [1.29, 1.82) is 0 Å². The maximum Gasteiger partial charge on any atom is 0.258 e. The predicted octanol–water partition coefficient (Wildman–Crippen LogP) is 1.07. The molecule has 0 radical (unpaired) electrons. The Morgan fingerprint density at radius 2 is 1.16 bits per heavy atom. The van der Waals surface area contributed by atoms with Crippen LogP contribution >= 0.6 is 35.3 Å². The van der Waals surface area contributed by atoms with E-state index >= 15 is 0 Å². The van der Waals surface area contributed by atoms with E-state index in [1.54, 1.807) is 44.8 Å².